The molecule has 0 fully saturated rings. The Bertz CT molecular complexity index is 153. The molecule has 0 aliphatic rings. The fourth-order valence-electron chi connectivity index (χ4n) is 1.63. The van der Waals surface area contributed by atoms with E-state index < -0.39 is 12.6 Å². The fourth-order valence-corrected chi connectivity index (χ4v) is 1.63. The van der Waals surface area contributed by atoms with Gasteiger partial charge in [-0.1, -0.05) is 64.7 Å². The predicted octanol–water partition coefficient (Wildman–Crippen LogP) is 2.93. The number of aliphatic carboxylic acids is 1. The van der Waals surface area contributed by atoms with Gasteiger partial charge >= 0.3 is 5.97 Å². The number of carbonyl (C=O) groups is 1. The molecule has 0 saturated carbocycles. The fraction of sp³-hybridized carbons (Fsp3) is 0.929. The quantitative estimate of drug-likeness (QED) is 0.499. The summed E-state index contributed by atoms with van der Waals surface area (Å²) >= 11 is 0. The van der Waals surface area contributed by atoms with E-state index >= 15 is 0 Å². The van der Waals surface area contributed by atoms with E-state index in [1.54, 1.807) is 0 Å². The second-order valence-corrected chi connectivity index (χ2v) is 4.52. The Morgan fingerprint density at radius 3 is 1.50 bits per heavy atom. The van der Waals surface area contributed by atoms with Crippen LogP contribution in [0.3, 0.4) is 0 Å². The van der Waals surface area contributed by atoms with Crippen LogP contribution in [0.15, 0.2) is 0 Å². The summed E-state index contributed by atoms with van der Waals surface area (Å²) < 4.78 is 0. The summed E-state index contributed by atoms with van der Waals surface area (Å²) in [6.45, 7) is 2.36. The molecule has 4 heteroatoms. The van der Waals surface area contributed by atoms with Crippen molar-refractivity contribution in [2.75, 3.05) is 13.2 Å². The molecule has 0 heterocycles. The van der Waals surface area contributed by atoms with Gasteiger partial charge in [0.25, 0.3) is 0 Å². The van der Waals surface area contributed by atoms with E-state index in [-0.39, 0.29) is 0 Å². The summed E-state index contributed by atoms with van der Waals surface area (Å²) in [7, 11) is 0. The van der Waals surface area contributed by atoms with E-state index in [0.29, 0.717) is 0 Å². The Morgan fingerprint density at radius 1 is 0.889 bits per heavy atom. The molecule has 0 aliphatic carbocycles. The topological polar surface area (TPSA) is 83.6 Å². The van der Waals surface area contributed by atoms with E-state index in [2.05, 4.69) is 6.92 Å². The summed E-state index contributed by atoms with van der Waals surface area (Å²) in [4.78, 5) is 9.12. The van der Waals surface area contributed by atoms with Crippen LogP contribution in [0, 0.1) is 0 Å². The van der Waals surface area contributed by atoms with Crippen molar-refractivity contribution in [2.45, 2.75) is 71.1 Å². The Kier molecular flexibility index (Phi) is 20.5. The van der Waals surface area contributed by atoms with Gasteiger partial charge in [0.05, 0.1) is 0 Å². The first-order valence-corrected chi connectivity index (χ1v) is 7.21. The molecule has 0 rings (SSSR count). The minimum absolute atomic E-state index is 0.778. The van der Waals surface area contributed by atoms with Crippen LogP contribution < -0.4 is 5.73 Å². The van der Waals surface area contributed by atoms with Crippen LogP contribution >= 0.6 is 0 Å². The molecule has 0 aromatic heterocycles. The SMILES string of the molecule is CCCCCCCCCCCCN.O=C(O)CO. The third-order valence-electron chi connectivity index (χ3n) is 2.69. The number of nitrogens with two attached hydrogens (primary N) is 1. The zero-order valence-electron chi connectivity index (χ0n) is 11.9. The Hall–Kier alpha value is -0.610. The number of hydrogen-bond donors (Lipinski definition) is 3. The molecular formula is C14H31NO3. The first kappa shape index (κ1) is 19.7. The first-order valence-electron chi connectivity index (χ1n) is 7.21. The smallest absolute Gasteiger partial charge is 0.329 e. The molecular weight excluding hydrogens is 230 g/mol. The number of carboxylic acids is 1. The van der Waals surface area contributed by atoms with Gasteiger partial charge in [-0.15, -0.1) is 0 Å². The molecule has 110 valence electrons. The number of carboxylic acid groups (broad SMARTS) is 1. The number of aliphatic hydroxyl groups is 1. The summed E-state index contributed by atoms with van der Waals surface area (Å²) in [5.74, 6) is -1.19. The average molecular weight is 261 g/mol. The molecule has 0 aromatic rings. The van der Waals surface area contributed by atoms with Crippen molar-refractivity contribution < 1.29 is 15.0 Å². The summed E-state index contributed by atoms with van der Waals surface area (Å²) in [5.41, 5.74) is 5.42. The van der Waals surface area contributed by atoms with Crippen molar-refractivity contribution in [1.82, 2.24) is 0 Å². The number of unbranched alkanes of at least 4 members (excludes halogenated alkanes) is 9. The monoisotopic (exact) mass is 261 g/mol. The largest absolute Gasteiger partial charge is 0.480 e. The zero-order valence-corrected chi connectivity index (χ0v) is 11.9. The molecule has 0 amide bonds. The molecule has 0 spiro atoms. The van der Waals surface area contributed by atoms with Crippen molar-refractivity contribution >= 4 is 5.97 Å². The molecule has 18 heavy (non-hydrogen) atoms. The van der Waals surface area contributed by atoms with E-state index in [1.165, 1.54) is 64.2 Å². The highest BCUT2D eigenvalue weighted by atomic mass is 16.4. The Labute approximate surface area is 112 Å². The zero-order chi connectivity index (χ0) is 14.1. The van der Waals surface area contributed by atoms with Crippen LogP contribution in [-0.2, 0) is 4.79 Å². The second kappa shape index (κ2) is 18.7. The standard InChI is InChI=1S/C12H27N.C2H4O3/c1-2-3-4-5-6-7-8-9-10-11-12-13;3-1-2(4)5/h2-13H2,1H3;3H,1H2,(H,4,5). The molecule has 0 unspecified atom stereocenters. The molecule has 0 aliphatic heterocycles. The van der Waals surface area contributed by atoms with Gasteiger partial charge in [0, 0.05) is 0 Å². The number of aliphatic hydroxyl groups excluding tert-OH is 1. The molecule has 0 saturated heterocycles. The van der Waals surface area contributed by atoms with Crippen molar-refractivity contribution in [3.8, 4) is 0 Å². The van der Waals surface area contributed by atoms with Crippen molar-refractivity contribution in [3.05, 3.63) is 0 Å². The second-order valence-electron chi connectivity index (χ2n) is 4.52. The minimum atomic E-state index is -1.19. The molecule has 4 N–H and O–H groups in total. The Morgan fingerprint density at radius 2 is 1.22 bits per heavy atom. The van der Waals surface area contributed by atoms with Crippen LogP contribution in [0.5, 0.6) is 0 Å². The average Bonchev–Trinajstić information content (AvgIpc) is 2.37. The maximum Gasteiger partial charge on any atom is 0.329 e. The van der Waals surface area contributed by atoms with E-state index in [0.717, 1.165) is 6.54 Å². The van der Waals surface area contributed by atoms with Gasteiger partial charge < -0.3 is 15.9 Å². The third kappa shape index (κ3) is 24.6. The van der Waals surface area contributed by atoms with E-state index in [1.807, 2.05) is 0 Å². The van der Waals surface area contributed by atoms with Gasteiger partial charge in [-0.25, -0.2) is 4.79 Å². The van der Waals surface area contributed by atoms with Crippen LogP contribution in [0.2, 0.25) is 0 Å². The third-order valence-corrected chi connectivity index (χ3v) is 2.69. The molecule has 0 aromatic carbocycles. The summed E-state index contributed by atoms with van der Waals surface area (Å²) in [5, 5.41) is 15.0. The summed E-state index contributed by atoms with van der Waals surface area (Å²) in [6, 6.07) is 0. The van der Waals surface area contributed by atoms with Gasteiger partial charge in [0.1, 0.15) is 6.61 Å². The van der Waals surface area contributed by atoms with Crippen LogP contribution in [-0.4, -0.2) is 29.3 Å². The first-order chi connectivity index (χ1) is 8.68. The highest BCUT2D eigenvalue weighted by Crippen LogP contribution is 2.09. The lowest BCUT2D eigenvalue weighted by atomic mass is 10.1. The normalized spacial score (nSPS) is 9.72. The van der Waals surface area contributed by atoms with Gasteiger partial charge in [-0.2, -0.15) is 0 Å². The van der Waals surface area contributed by atoms with Crippen LogP contribution in [0.1, 0.15) is 71.1 Å². The molecule has 0 atom stereocenters. The van der Waals surface area contributed by atoms with Crippen LogP contribution in [0.25, 0.3) is 0 Å². The number of rotatable bonds is 11. The highest BCUT2D eigenvalue weighted by molar-refractivity contribution is 5.67. The maximum atomic E-state index is 9.12. The minimum Gasteiger partial charge on any atom is -0.480 e. The summed E-state index contributed by atoms with van der Waals surface area (Å²) in [6.07, 6.45) is 13.9. The lowest BCUT2D eigenvalue weighted by Gasteiger charge is -2.00. The van der Waals surface area contributed by atoms with Gasteiger partial charge in [-0.05, 0) is 13.0 Å². The molecule has 0 bridgehead atoms. The van der Waals surface area contributed by atoms with Gasteiger partial charge in [0.15, 0.2) is 0 Å². The van der Waals surface area contributed by atoms with E-state index in [4.69, 9.17) is 20.7 Å². The van der Waals surface area contributed by atoms with Crippen LogP contribution in [0.4, 0.5) is 0 Å². The van der Waals surface area contributed by atoms with E-state index in [9.17, 15) is 0 Å². The van der Waals surface area contributed by atoms with Gasteiger partial charge in [-0.3, -0.25) is 0 Å². The predicted molar refractivity (Wildman–Crippen MR) is 75.6 cm³/mol. The maximum absolute atomic E-state index is 9.12. The molecule has 0 radical (unpaired) electrons. The van der Waals surface area contributed by atoms with Crippen molar-refractivity contribution in [3.63, 3.8) is 0 Å². The highest BCUT2D eigenvalue weighted by Gasteiger charge is 1.91. The Balaban J connectivity index is 0. The lowest BCUT2D eigenvalue weighted by Crippen LogP contribution is -1.98. The van der Waals surface area contributed by atoms with Crippen molar-refractivity contribution in [2.24, 2.45) is 5.73 Å². The molecule has 4 nitrogen and oxygen atoms in total. The van der Waals surface area contributed by atoms with Crippen molar-refractivity contribution in [1.29, 1.82) is 0 Å². The van der Waals surface area contributed by atoms with Gasteiger partial charge in [0.2, 0.25) is 0 Å². The lowest BCUT2D eigenvalue weighted by molar-refractivity contribution is -0.140. The number of hydrogen-bond acceptors (Lipinski definition) is 3.